The van der Waals surface area contributed by atoms with Crippen LogP contribution in [0, 0.1) is 12.3 Å². The van der Waals surface area contributed by atoms with E-state index in [1.54, 1.807) is 0 Å². The monoisotopic (exact) mass is 408 g/mol. The molecule has 1 N–H and O–H groups in total. The van der Waals surface area contributed by atoms with Crippen molar-refractivity contribution >= 4 is 24.1 Å². The zero-order chi connectivity index (χ0) is 20.1. The van der Waals surface area contributed by atoms with E-state index in [1.807, 2.05) is 0 Å². The molecule has 0 radical (unpaired) electrons. The van der Waals surface area contributed by atoms with E-state index in [0.29, 0.717) is 6.42 Å². The molecule has 1 aromatic carbocycles. The highest BCUT2D eigenvalue weighted by Gasteiger charge is 2.34. The summed E-state index contributed by atoms with van der Waals surface area (Å²) in [5, 5.41) is 3.33. The van der Waals surface area contributed by atoms with Gasteiger partial charge in [-0.3, -0.25) is 0 Å². The summed E-state index contributed by atoms with van der Waals surface area (Å²) in [6.07, 6.45) is 10.6. The number of benzene rings is 1. The van der Waals surface area contributed by atoms with E-state index in [2.05, 4.69) is 46.5 Å². The largest absolute Gasteiger partial charge is 0.384 e. The Kier molecular flexibility index (Phi) is 6.27. The van der Waals surface area contributed by atoms with Crippen LogP contribution in [0.4, 0.5) is 11.5 Å². The minimum Gasteiger partial charge on any atom is -0.384 e. The third-order valence-electron chi connectivity index (χ3n) is 5.70. The maximum Gasteiger partial charge on any atom is 0.161 e. The summed E-state index contributed by atoms with van der Waals surface area (Å²) in [5.74, 6) is 4.39. The molecular weight excluding hydrogens is 380 g/mol. The topological polar surface area (TPSA) is 50.3 Å². The van der Waals surface area contributed by atoms with Gasteiger partial charge in [-0.15, -0.1) is 12.3 Å². The van der Waals surface area contributed by atoms with Gasteiger partial charge in [-0.25, -0.2) is 9.97 Å². The first-order chi connectivity index (χ1) is 14.2. The fourth-order valence-corrected chi connectivity index (χ4v) is 4.42. The predicted octanol–water partition coefficient (Wildman–Crippen LogP) is 4.11. The first-order valence-corrected chi connectivity index (χ1v) is 10.9. The molecule has 2 aliphatic rings. The summed E-state index contributed by atoms with van der Waals surface area (Å²) in [6, 6.07) is 10.4. The van der Waals surface area contributed by atoms with Crippen molar-refractivity contribution < 1.29 is 4.74 Å². The molecule has 2 fully saturated rings. The summed E-state index contributed by atoms with van der Waals surface area (Å²) in [7, 11) is 0. The van der Waals surface area contributed by atoms with Crippen molar-refractivity contribution in [1.29, 1.82) is 0 Å². The zero-order valence-corrected chi connectivity index (χ0v) is 17.6. The van der Waals surface area contributed by atoms with E-state index >= 15 is 0 Å². The SMILES string of the molecule is C#CCCNc1ccc(-c2nc(N3CCOCC3)cc(C3(S)CCCC3)n2)cc1. The molecule has 6 heteroatoms. The van der Waals surface area contributed by atoms with E-state index in [4.69, 9.17) is 33.8 Å². The number of ether oxygens (including phenoxy) is 1. The quantitative estimate of drug-likeness (QED) is 0.428. The van der Waals surface area contributed by atoms with Crippen LogP contribution in [0.3, 0.4) is 0 Å². The van der Waals surface area contributed by atoms with Crippen molar-refractivity contribution in [3.63, 3.8) is 0 Å². The van der Waals surface area contributed by atoms with Crippen molar-refractivity contribution in [2.45, 2.75) is 36.9 Å². The molecule has 0 unspecified atom stereocenters. The molecule has 1 saturated heterocycles. The molecule has 1 aromatic heterocycles. The predicted molar refractivity (Wildman–Crippen MR) is 122 cm³/mol. The highest BCUT2D eigenvalue weighted by Crippen LogP contribution is 2.44. The number of nitrogens with zero attached hydrogens (tertiary/aromatic N) is 3. The second-order valence-corrected chi connectivity index (χ2v) is 8.59. The summed E-state index contributed by atoms with van der Waals surface area (Å²) < 4.78 is 5.36. The maximum atomic E-state index is 5.52. The number of anilines is 2. The van der Waals surface area contributed by atoms with Gasteiger partial charge < -0.3 is 15.0 Å². The van der Waals surface area contributed by atoms with Crippen LogP contribution in [-0.4, -0.2) is 42.8 Å². The second kappa shape index (κ2) is 9.06. The Hall–Kier alpha value is -2.23. The fraction of sp³-hybridized carbons (Fsp3) is 0.478. The third-order valence-corrected chi connectivity index (χ3v) is 6.37. The Bertz CT molecular complexity index is 865. The fourth-order valence-electron chi connectivity index (χ4n) is 3.99. The molecule has 4 rings (SSSR count). The molecule has 0 amide bonds. The van der Waals surface area contributed by atoms with Crippen molar-refractivity contribution in [3.8, 4) is 23.7 Å². The van der Waals surface area contributed by atoms with Gasteiger partial charge in [0.05, 0.1) is 23.7 Å². The van der Waals surface area contributed by atoms with Gasteiger partial charge in [0.25, 0.3) is 0 Å². The van der Waals surface area contributed by atoms with Crippen LogP contribution in [0.25, 0.3) is 11.4 Å². The van der Waals surface area contributed by atoms with Crippen LogP contribution >= 0.6 is 12.6 Å². The number of hydrogen-bond acceptors (Lipinski definition) is 6. The van der Waals surface area contributed by atoms with Gasteiger partial charge in [-0.05, 0) is 37.1 Å². The molecule has 0 atom stereocenters. The van der Waals surface area contributed by atoms with Gasteiger partial charge in [0, 0.05) is 43.4 Å². The molecule has 2 aromatic rings. The average molecular weight is 409 g/mol. The summed E-state index contributed by atoms with van der Waals surface area (Å²) in [4.78, 5) is 12.2. The second-order valence-electron chi connectivity index (χ2n) is 7.73. The smallest absolute Gasteiger partial charge is 0.161 e. The lowest BCUT2D eigenvalue weighted by Crippen LogP contribution is -2.37. The molecule has 29 heavy (non-hydrogen) atoms. The van der Waals surface area contributed by atoms with Gasteiger partial charge in [0.1, 0.15) is 5.82 Å². The Morgan fingerprint density at radius 3 is 2.55 bits per heavy atom. The Labute approximate surface area is 178 Å². The molecule has 152 valence electrons. The number of thiol groups is 1. The van der Waals surface area contributed by atoms with Gasteiger partial charge in [-0.2, -0.15) is 12.6 Å². The Morgan fingerprint density at radius 1 is 1.14 bits per heavy atom. The molecule has 1 aliphatic carbocycles. The van der Waals surface area contributed by atoms with Gasteiger partial charge in [-0.1, -0.05) is 12.8 Å². The molecule has 1 saturated carbocycles. The van der Waals surface area contributed by atoms with Crippen molar-refractivity contribution in [2.75, 3.05) is 43.1 Å². The summed E-state index contributed by atoms with van der Waals surface area (Å²) in [5.41, 5.74) is 3.11. The van der Waals surface area contributed by atoms with E-state index in [9.17, 15) is 0 Å². The van der Waals surface area contributed by atoms with E-state index in [1.165, 1.54) is 12.8 Å². The lowest BCUT2D eigenvalue weighted by molar-refractivity contribution is 0.122. The average Bonchev–Trinajstić information content (AvgIpc) is 3.23. The summed E-state index contributed by atoms with van der Waals surface area (Å²) in [6.45, 7) is 3.95. The van der Waals surface area contributed by atoms with Crippen LogP contribution in [0.5, 0.6) is 0 Å². The highest BCUT2D eigenvalue weighted by atomic mass is 32.1. The minimum atomic E-state index is -0.157. The zero-order valence-electron chi connectivity index (χ0n) is 16.7. The first kappa shape index (κ1) is 20.1. The molecule has 0 bridgehead atoms. The normalized spacial score (nSPS) is 18.4. The lowest BCUT2D eigenvalue weighted by atomic mass is 10.0. The van der Waals surface area contributed by atoms with Crippen LogP contribution in [0.2, 0.25) is 0 Å². The van der Waals surface area contributed by atoms with Crippen LogP contribution < -0.4 is 10.2 Å². The lowest BCUT2D eigenvalue weighted by Gasteiger charge is -2.30. The van der Waals surface area contributed by atoms with Crippen LogP contribution in [0.1, 0.15) is 37.8 Å². The van der Waals surface area contributed by atoms with Crippen molar-refractivity contribution in [2.24, 2.45) is 0 Å². The molecular formula is C23H28N4OS. The van der Waals surface area contributed by atoms with E-state index in [-0.39, 0.29) is 4.75 Å². The van der Waals surface area contributed by atoms with E-state index < -0.39 is 0 Å². The number of nitrogens with one attached hydrogen (secondary N) is 1. The van der Waals surface area contributed by atoms with Crippen LogP contribution in [-0.2, 0) is 9.48 Å². The van der Waals surface area contributed by atoms with Crippen molar-refractivity contribution in [1.82, 2.24) is 9.97 Å². The van der Waals surface area contributed by atoms with Crippen LogP contribution in [0.15, 0.2) is 30.3 Å². The molecule has 0 spiro atoms. The van der Waals surface area contributed by atoms with Crippen molar-refractivity contribution in [3.05, 3.63) is 36.0 Å². The Morgan fingerprint density at radius 2 is 1.86 bits per heavy atom. The minimum absolute atomic E-state index is 0.157. The number of rotatable bonds is 6. The molecule has 5 nitrogen and oxygen atoms in total. The highest BCUT2D eigenvalue weighted by molar-refractivity contribution is 7.81. The molecule has 1 aliphatic heterocycles. The number of aromatic nitrogens is 2. The number of terminal acetylenes is 1. The first-order valence-electron chi connectivity index (χ1n) is 10.4. The van der Waals surface area contributed by atoms with E-state index in [0.717, 1.165) is 74.3 Å². The van der Waals surface area contributed by atoms with Gasteiger partial charge in [0.15, 0.2) is 5.82 Å². The number of hydrogen-bond donors (Lipinski definition) is 2. The third kappa shape index (κ3) is 4.68. The summed E-state index contributed by atoms with van der Waals surface area (Å²) >= 11 is 5.05. The van der Waals surface area contributed by atoms with Gasteiger partial charge >= 0.3 is 0 Å². The standard InChI is InChI=1S/C23H28N4OS/c1-2-3-12-24-19-8-6-18(7-9-19)22-25-20(23(29)10-4-5-11-23)17-21(26-22)27-13-15-28-16-14-27/h1,6-9,17,24,29H,3-5,10-16H2. The van der Waals surface area contributed by atoms with Gasteiger partial charge in [0.2, 0.25) is 0 Å². The maximum absolute atomic E-state index is 5.52. The number of morpholine rings is 1. The Balaban J connectivity index is 1.65. The molecule has 2 heterocycles.